The van der Waals surface area contributed by atoms with Crippen LogP contribution in [-0.2, 0) is 0 Å². The van der Waals surface area contributed by atoms with E-state index in [1.165, 1.54) is 5.56 Å². The highest BCUT2D eigenvalue weighted by molar-refractivity contribution is 6.34. The van der Waals surface area contributed by atoms with Crippen LogP contribution < -0.4 is 0 Å². The molecule has 0 heterocycles. The molecule has 0 aliphatic heterocycles. The summed E-state index contributed by atoms with van der Waals surface area (Å²) in [6.45, 7) is 5.62. The number of allylic oxidation sites excluding steroid dienone is 5. The van der Waals surface area contributed by atoms with Gasteiger partial charge < -0.3 is 0 Å². The SMILES string of the molecule is C=C1C=CC(c2ccc(C)cc2)=C(Cl)C1F. The summed E-state index contributed by atoms with van der Waals surface area (Å²) < 4.78 is 13.6. The van der Waals surface area contributed by atoms with Gasteiger partial charge in [0.2, 0.25) is 0 Å². The van der Waals surface area contributed by atoms with Gasteiger partial charge in [0.15, 0.2) is 6.17 Å². The zero-order valence-electron chi connectivity index (χ0n) is 9.00. The van der Waals surface area contributed by atoms with Crippen LogP contribution in [0.2, 0.25) is 0 Å². The Kier molecular flexibility index (Phi) is 2.97. The van der Waals surface area contributed by atoms with E-state index in [1.54, 1.807) is 6.08 Å². The molecule has 1 aromatic carbocycles. The predicted octanol–water partition coefficient (Wildman–Crippen LogP) is 4.41. The topological polar surface area (TPSA) is 0 Å². The second-order valence-corrected chi connectivity index (χ2v) is 4.31. The second kappa shape index (κ2) is 4.26. The van der Waals surface area contributed by atoms with E-state index in [-0.39, 0.29) is 5.03 Å². The fourth-order valence-corrected chi connectivity index (χ4v) is 1.93. The van der Waals surface area contributed by atoms with E-state index in [0.29, 0.717) is 5.57 Å². The molecule has 2 rings (SSSR count). The Morgan fingerprint density at radius 3 is 2.44 bits per heavy atom. The van der Waals surface area contributed by atoms with Gasteiger partial charge in [-0.15, -0.1) is 0 Å². The lowest BCUT2D eigenvalue weighted by Gasteiger charge is -2.16. The van der Waals surface area contributed by atoms with E-state index < -0.39 is 6.17 Å². The lowest BCUT2D eigenvalue weighted by molar-refractivity contribution is 0.450. The van der Waals surface area contributed by atoms with Crippen LogP contribution in [0.3, 0.4) is 0 Å². The van der Waals surface area contributed by atoms with Crippen LogP contribution in [0, 0.1) is 6.92 Å². The van der Waals surface area contributed by atoms with Crippen LogP contribution in [0.15, 0.2) is 53.6 Å². The third kappa shape index (κ3) is 1.96. The molecule has 0 amide bonds. The fraction of sp³-hybridized carbons (Fsp3) is 0.143. The standard InChI is InChI=1S/C14H12ClF/c1-9-3-6-11(7-4-9)12-8-5-10(2)14(16)13(12)15/h3-8,14H,2H2,1H3. The Hall–Kier alpha value is -1.34. The van der Waals surface area contributed by atoms with Gasteiger partial charge in [0.25, 0.3) is 0 Å². The molecule has 2 heteroatoms. The molecule has 0 spiro atoms. The highest BCUT2D eigenvalue weighted by atomic mass is 35.5. The summed E-state index contributed by atoms with van der Waals surface area (Å²) >= 11 is 5.99. The molecule has 0 saturated heterocycles. The maximum Gasteiger partial charge on any atom is 0.161 e. The molecule has 0 N–H and O–H groups in total. The molecule has 1 atom stereocenters. The number of hydrogen-bond donors (Lipinski definition) is 0. The molecule has 0 saturated carbocycles. The first kappa shape index (κ1) is 11.2. The van der Waals surface area contributed by atoms with Gasteiger partial charge in [-0.3, -0.25) is 0 Å². The summed E-state index contributed by atoms with van der Waals surface area (Å²) in [4.78, 5) is 0. The smallest absolute Gasteiger partial charge is 0.161 e. The van der Waals surface area contributed by atoms with Crippen LogP contribution in [0.1, 0.15) is 11.1 Å². The molecular formula is C14H12ClF. The van der Waals surface area contributed by atoms with Gasteiger partial charge in [-0.1, -0.05) is 60.2 Å². The lowest BCUT2D eigenvalue weighted by Crippen LogP contribution is -2.07. The quantitative estimate of drug-likeness (QED) is 0.675. The normalized spacial score (nSPS) is 20.4. The van der Waals surface area contributed by atoms with Crippen molar-refractivity contribution in [2.75, 3.05) is 0 Å². The molecule has 1 unspecified atom stereocenters. The van der Waals surface area contributed by atoms with Gasteiger partial charge in [0.1, 0.15) is 0 Å². The van der Waals surface area contributed by atoms with E-state index in [9.17, 15) is 4.39 Å². The third-order valence-corrected chi connectivity index (χ3v) is 3.03. The van der Waals surface area contributed by atoms with Crippen molar-refractivity contribution >= 4 is 17.2 Å². The average Bonchev–Trinajstić information content (AvgIpc) is 2.28. The van der Waals surface area contributed by atoms with E-state index in [2.05, 4.69) is 6.58 Å². The Morgan fingerprint density at radius 2 is 1.81 bits per heavy atom. The Bertz CT molecular complexity index is 480. The first-order chi connectivity index (χ1) is 7.59. The highest BCUT2D eigenvalue weighted by Crippen LogP contribution is 2.33. The first-order valence-corrected chi connectivity index (χ1v) is 5.45. The monoisotopic (exact) mass is 234 g/mol. The molecule has 0 nitrogen and oxygen atoms in total. The summed E-state index contributed by atoms with van der Waals surface area (Å²) in [6, 6.07) is 7.85. The number of rotatable bonds is 1. The van der Waals surface area contributed by atoms with Crippen molar-refractivity contribution in [3.8, 4) is 0 Å². The van der Waals surface area contributed by atoms with E-state index in [4.69, 9.17) is 11.6 Å². The number of halogens is 2. The molecule has 0 aromatic heterocycles. The van der Waals surface area contributed by atoms with Crippen LogP contribution in [0.5, 0.6) is 0 Å². The second-order valence-electron chi connectivity index (χ2n) is 3.90. The van der Waals surface area contributed by atoms with Crippen molar-refractivity contribution < 1.29 is 4.39 Å². The summed E-state index contributed by atoms with van der Waals surface area (Å²) in [5.41, 5.74) is 3.24. The van der Waals surface area contributed by atoms with Gasteiger partial charge in [-0.05, 0) is 23.6 Å². The molecule has 0 fully saturated rings. The number of aryl methyl sites for hydroxylation is 1. The Morgan fingerprint density at radius 1 is 1.19 bits per heavy atom. The molecule has 0 bridgehead atoms. The zero-order chi connectivity index (χ0) is 11.7. The third-order valence-electron chi connectivity index (χ3n) is 2.63. The van der Waals surface area contributed by atoms with E-state index in [0.717, 1.165) is 11.1 Å². The van der Waals surface area contributed by atoms with Crippen molar-refractivity contribution in [1.82, 2.24) is 0 Å². The highest BCUT2D eigenvalue weighted by Gasteiger charge is 2.21. The molecule has 82 valence electrons. The number of benzene rings is 1. The van der Waals surface area contributed by atoms with E-state index >= 15 is 0 Å². The molecule has 16 heavy (non-hydrogen) atoms. The summed E-state index contributed by atoms with van der Waals surface area (Å²) in [5, 5.41) is 0.219. The number of hydrogen-bond acceptors (Lipinski definition) is 0. The van der Waals surface area contributed by atoms with Crippen molar-refractivity contribution in [3.63, 3.8) is 0 Å². The van der Waals surface area contributed by atoms with Crippen molar-refractivity contribution in [2.24, 2.45) is 0 Å². The van der Waals surface area contributed by atoms with Crippen molar-refractivity contribution in [1.29, 1.82) is 0 Å². The van der Waals surface area contributed by atoms with Crippen LogP contribution in [0.4, 0.5) is 4.39 Å². The maximum atomic E-state index is 13.6. The average molecular weight is 235 g/mol. The van der Waals surface area contributed by atoms with E-state index in [1.807, 2.05) is 37.3 Å². The van der Waals surface area contributed by atoms with Crippen molar-refractivity contribution in [3.05, 3.63) is 64.7 Å². The van der Waals surface area contributed by atoms with Crippen LogP contribution in [-0.4, -0.2) is 6.17 Å². The lowest BCUT2D eigenvalue weighted by atomic mass is 9.95. The minimum absolute atomic E-state index is 0.219. The Labute approximate surface area is 99.7 Å². The minimum atomic E-state index is -1.28. The minimum Gasteiger partial charge on any atom is -0.236 e. The fourth-order valence-electron chi connectivity index (χ4n) is 1.62. The predicted molar refractivity (Wildman–Crippen MR) is 67.1 cm³/mol. The molecular weight excluding hydrogens is 223 g/mol. The van der Waals surface area contributed by atoms with Gasteiger partial charge in [-0.2, -0.15) is 0 Å². The molecule has 1 aromatic rings. The molecule has 0 radical (unpaired) electrons. The van der Waals surface area contributed by atoms with Gasteiger partial charge in [0, 0.05) is 0 Å². The van der Waals surface area contributed by atoms with Gasteiger partial charge in [0.05, 0.1) is 5.03 Å². The van der Waals surface area contributed by atoms with Crippen LogP contribution >= 0.6 is 11.6 Å². The van der Waals surface area contributed by atoms with Crippen LogP contribution in [0.25, 0.3) is 5.57 Å². The summed E-state index contributed by atoms with van der Waals surface area (Å²) in [7, 11) is 0. The zero-order valence-corrected chi connectivity index (χ0v) is 9.76. The summed E-state index contributed by atoms with van der Waals surface area (Å²) in [6.07, 6.45) is 2.21. The largest absolute Gasteiger partial charge is 0.236 e. The molecule has 1 aliphatic rings. The number of alkyl halides is 1. The summed E-state index contributed by atoms with van der Waals surface area (Å²) in [5.74, 6) is 0. The molecule has 1 aliphatic carbocycles. The maximum absolute atomic E-state index is 13.6. The first-order valence-electron chi connectivity index (χ1n) is 5.07. The Balaban J connectivity index is 2.45. The van der Waals surface area contributed by atoms with Gasteiger partial charge in [-0.25, -0.2) is 4.39 Å². The van der Waals surface area contributed by atoms with Gasteiger partial charge >= 0.3 is 0 Å². The van der Waals surface area contributed by atoms with Crippen molar-refractivity contribution in [2.45, 2.75) is 13.1 Å².